The zero-order chi connectivity index (χ0) is 23.6. The van der Waals surface area contributed by atoms with Gasteiger partial charge in [-0.2, -0.15) is 0 Å². The fourth-order valence-electron chi connectivity index (χ4n) is 4.94. The molecule has 6 heteroatoms. The molecule has 1 aliphatic heterocycles. The number of ether oxygens (including phenoxy) is 2. The number of rotatable bonds is 6. The van der Waals surface area contributed by atoms with Crippen LogP contribution in [0.5, 0.6) is 0 Å². The molecule has 1 aliphatic rings. The van der Waals surface area contributed by atoms with Crippen LogP contribution in [0.2, 0.25) is 0 Å². The highest BCUT2D eigenvalue weighted by atomic mass is 16.5. The van der Waals surface area contributed by atoms with Gasteiger partial charge in [-0.15, -0.1) is 0 Å². The smallest absolute Gasteiger partial charge is 0.255 e. The van der Waals surface area contributed by atoms with E-state index in [1.807, 2.05) is 49.3 Å². The summed E-state index contributed by atoms with van der Waals surface area (Å²) in [5, 5.41) is 0.860. The van der Waals surface area contributed by atoms with E-state index >= 15 is 0 Å². The number of morpholine rings is 1. The van der Waals surface area contributed by atoms with Crippen LogP contribution in [0, 0.1) is 13.8 Å². The van der Waals surface area contributed by atoms with Crippen LogP contribution in [-0.2, 0) is 9.47 Å². The fourth-order valence-corrected chi connectivity index (χ4v) is 4.94. The quantitative estimate of drug-likeness (QED) is 0.573. The van der Waals surface area contributed by atoms with Gasteiger partial charge in [0, 0.05) is 31.1 Å². The Morgan fingerprint density at radius 2 is 1.97 bits per heavy atom. The Kier molecular flexibility index (Phi) is 6.79. The summed E-state index contributed by atoms with van der Waals surface area (Å²) >= 11 is 0. The van der Waals surface area contributed by atoms with Gasteiger partial charge in [0.2, 0.25) is 0 Å². The lowest BCUT2D eigenvalue weighted by Crippen LogP contribution is -2.65. The molecule has 3 aromatic rings. The predicted octanol–water partition coefficient (Wildman–Crippen LogP) is 3.94. The molecule has 1 atom stereocenters. The van der Waals surface area contributed by atoms with E-state index in [1.165, 1.54) is 5.56 Å². The number of aromatic nitrogens is 1. The molecule has 1 fully saturated rings. The number of benzene rings is 2. The number of hydrogen-bond donors (Lipinski definition) is 0. The first kappa shape index (κ1) is 23.4. The topological polar surface area (TPSA) is 54.9 Å². The maximum absolute atomic E-state index is 14.2. The van der Waals surface area contributed by atoms with Crippen LogP contribution in [-0.4, -0.2) is 80.3 Å². The maximum atomic E-state index is 14.2. The summed E-state index contributed by atoms with van der Waals surface area (Å²) in [6.45, 7) is 6.70. The molecule has 1 saturated heterocycles. The number of pyridine rings is 1. The molecule has 174 valence electrons. The van der Waals surface area contributed by atoms with Gasteiger partial charge in [0.05, 0.1) is 36.6 Å². The number of hydrogen-bond acceptors (Lipinski definition) is 5. The third kappa shape index (κ3) is 4.64. The van der Waals surface area contributed by atoms with Crippen molar-refractivity contribution in [3.8, 4) is 11.3 Å². The first-order valence-electron chi connectivity index (χ1n) is 11.4. The largest absolute Gasteiger partial charge is 0.382 e. The Hall–Kier alpha value is -2.80. The minimum atomic E-state index is -0.558. The molecule has 1 unspecified atom stereocenters. The summed E-state index contributed by atoms with van der Waals surface area (Å²) in [4.78, 5) is 23.1. The van der Waals surface area contributed by atoms with Gasteiger partial charge in [-0.3, -0.25) is 4.79 Å². The molecular formula is C27H33N3O3. The second-order valence-electron chi connectivity index (χ2n) is 9.30. The lowest BCUT2D eigenvalue weighted by Gasteiger charge is -2.47. The molecule has 0 bridgehead atoms. The van der Waals surface area contributed by atoms with Gasteiger partial charge in [0.25, 0.3) is 5.91 Å². The summed E-state index contributed by atoms with van der Waals surface area (Å²) in [6, 6.07) is 16.1. The van der Waals surface area contributed by atoms with Gasteiger partial charge in [0.1, 0.15) is 5.54 Å². The van der Waals surface area contributed by atoms with E-state index in [0.717, 1.165) is 27.7 Å². The number of carbonyl (C=O) groups is 1. The number of fused-ring (bicyclic) bond motifs is 1. The van der Waals surface area contributed by atoms with Crippen LogP contribution in [0.3, 0.4) is 0 Å². The van der Waals surface area contributed by atoms with E-state index in [1.54, 1.807) is 7.11 Å². The van der Waals surface area contributed by atoms with Crippen molar-refractivity contribution >= 4 is 16.8 Å². The summed E-state index contributed by atoms with van der Waals surface area (Å²) < 4.78 is 11.4. The molecule has 0 radical (unpaired) electrons. The number of likely N-dealkylation sites (N-methyl/N-ethyl adjacent to an activating group) is 1. The number of nitrogens with zero attached hydrogens (tertiary/aromatic N) is 3. The van der Waals surface area contributed by atoms with Crippen LogP contribution in [0.4, 0.5) is 0 Å². The molecule has 1 aromatic heterocycles. The zero-order valence-electron chi connectivity index (χ0n) is 20.2. The number of aryl methyl sites for hydroxylation is 2. The first-order valence-corrected chi connectivity index (χ1v) is 11.4. The Morgan fingerprint density at radius 1 is 1.18 bits per heavy atom. The lowest BCUT2D eigenvalue weighted by molar-refractivity contribution is -0.0893. The van der Waals surface area contributed by atoms with Crippen molar-refractivity contribution in [2.75, 3.05) is 54.1 Å². The Bertz CT molecular complexity index is 1160. The first-order chi connectivity index (χ1) is 15.8. The molecule has 0 saturated carbocycles. The molecule has 2 aromatic carbocycles. The van der Waals surface area contributed by atoms with Crippen LogP contribution in [0.25, 0.3) is 22.2 Å². The van der Waals surface area contributed by atoms with Gasteiger partial charge in [-0.25, -0.2) is 4.98 Å². The van der Waals surface area contributed by atoms with Crippen molar-refractivity contribution in [2.45, 2.75) is 19.4 Å². The number of methoxy groups -OCH3 is 1. The summed E-state index contributed by atoms with van der Waals surface area (Å²) in [6.07, 6.45) is 0. The fraction of sp³-hybridized carbons (Fsp3) is 0.407. The van der Waals surface area contributed by atoms with Crippen LogP contribution < -0.4 is 0 Å². The number of amides is 1. The summed E-state index contributed by atoms with van der Waals surface area (Å²) in [5.74, 6) is -0.0122. The molecular weight excluding hydrogens is 414 g/mol. The second kappa shape index (κ2) is 9.59. The van der Waals surface area contributed by atoms with Crippen LogP contribution in [0.15, 0.2) is 48.5 Å². The van der Waals surface area contributed by atoms with Crippen LogP contribution in [0.1, 0.15) is 21.5 Å². The zero-order valence-corrected chi connectivity index (χ0v) is 20.2. The standard InChI is InChI=1S/C27H33N3O3/c1-19-10-11-21(20(2)14-19)25-15-23(22-8-6-7-9-24(22)28-25)26(31)30-12-13-33-18-27(30,17-32-5)16-29(3)4/h6-11,14-15H,12-13,16-18H2,1-5H3. The summed E-state index contributed by atoms with van der Waals surface area (Å²) in [7, 11) is 5.69. The average Bonchev–Trinajstić information content (AvgIpc) is 2.78. The Morgan fingerprint density at radius 3 is 2.70 bits per heavy atom. The molecule has 33 heavy (non-hydrogen) atoms. The third-order valence-corrected chi connectivity index (χ3v) is 6.28. The highest BCUT2D eigenvalue weighted by molar-refractivity contribution is 6.07. The highest BCUT2D eigenvalue weighted by Crippen LogP contribution is 2.31. The van der Waals surface area contributed by atoms with E-state index in [2.05, 4.69) is 36.9 Å². The minimum Gasteiger partial charge on any atom is -0.382 e. The normalized spacial score (nSPS) is 18.8. The van der Waals surface area contributed by atoms with Crippen molar-refractivity contribution in [1.29, 1.82) is 0 Å². The van der Waals surface area contributed by atoms with Gasteiger partial charge >= 0.3 is 0 Å². The van der Waals surface area contributed by atoms with E-state index in [9.17, 15) is 4.79 Å². The molecule has 0 spiro atoms. The maximum Gasteiger partial charge on any atom is 0.255 e. The molecule has 6 nitrogen and oxygen atoms in total. The molecule has 1 amide bonds. The Balaban J connectivity index is 1.86. The lowest BCUT2D eigenvalue weighted by atomic mass is 9.94. The second-order valence-corrected chi connectivity index (χ2v) is 9.30. The van der Waals surface area contributed by atoms with Crippen molar-refractivity contribution in [1.82, 2.24) is 14.8 Å². The van der Waals surface area contributed by atoms with Crippen molar-refractivity contribution in [3.05, 3.63) is 65.2 Å². The van der Waals surface area contributed by atoms with E-state index in [0.29, 0.717) is 38.5 Å². The minimum absolute atomic E-state index is 0.0122. The van der Waals surface area contributed by atoms with Gasteiger partial charge < -0.3 is 19.3 Å². The van der Waals surface area contributed by atoms with E-state index in [-0.39, 0.29) is 5.91 Å². The van der Waals surface area contributed by atoms with Crippen molar-refractivity contribution in [3.63, 3.8) is 0 Å². The van der Waals surface area contributed by atoms with Gasteiger partial charge in [-0.05, 0) is 45.6 Å². The molecule has 0 aliphatic carbocycles. The predicted molar refractivity (Wildman–Crippen MR) is 132 cm³/mol. The average molecular weight is 448 g/mol. The van der Waals surface area contributed by atoms with Crippen molar-refractivity contribution < 1.29 is 14.3 Å². The molecule has 4 rings (SSSR count). The SMILES string of the molecule is COCC1(CN(C)C)COCCN1C(=O)c1cc(-c2ccc(C)cc2C)nc2ccccc12. The summed E-state index contributed by atoms with van der Waals surface area (Å²) in [5.41, 5.74) is 5.12. The van der Waals surface area contributed by atoms with Crippen molar-refractivity contribution in [2.24, 2.45) is 0 Å². The van der Waals surface area contributed by atoms with Gasteiger partial charge in [0.15, 0.2) is 0 Å². The number of para-hydroxylation sites is 1. The van der Waals surface area contributed by atoms with E-state index < -0.39 is 5.54 Å². The molecule has 2 heterocycles. The highest BCUT2D eigenvalue weighted by Gasteiger charge is 2.43. The van der Waals surface area contributed by atoms with Crippen LogP contribution >= 0.6 is 0 Å². The van der Waals surface area contributed by atoms with Gasteiger partial charge in [-0.1, -0.05) is 42.0 Å². The Labute approximate surface area is 196 Å². The van der Waals surface area contributed by atoms with E-state index in [4.69, 9.17) is 14.5 Å². The monoisotopic (exact) mass is 447 g/mol. The third-order valence-electron chi connectivity index (χ3n) is 6.28. The molecule has 0 N–H and O–H groups in total. The number of carbonyl (C=O) groups excluding carboxylic acids is 1.